The van der Waals surface area contributed by atoms with Crippen molar-refractivity contribution in [2.75, 3.05) is 20.3 Å². The van der Waals surface area contributed by atoms with E-state index in [0.717, 1.165) is 5.56 Å². The van der Waals surface area contributed by atoms with Crippen molar-refractivity contribution in [2.24, 2.45) is 16.6 Å². The van der Waals surface area contributed by atoms with Crippen LogP contribution in [0.4, 0.5) is 0 Å². The highest BCUT2D eigenvalue weighted by Crippen LogP contribution is 2.39. The summed E-state index contributed by atoms with van der Waals surface area (Å²) in [5.41, 5.74) is 11.2. The molecule has 7 nitrogen and oxygen atoms in total. The lowest BCUT2D eigenvalue weighted by Gasteiger charge is -2.20. The fraction of sp³-hybridized carbons (Fsp3) is 0.273. The number of hydrogen-bond donors (Lipinski definition) is 3. The third-order valence-electron chi connectivity index (χ3n) is 2.28. The standard InChI is InChI=1S/C11H14N4O3/c1-16-8-4-7(6-14-15-11(12)13)5-9-10(8)18-3-2-17-9/h4-6H,2-3H2,1H3,(H4,12,13,15)/p+1/b14-6-. The first-order chi connectivity index (χ1) is 8.70. The lowest BCUT2D eigenvalue weighted by atomic mass is 10.2. The van der Waals surface area contributed by atoms with E-state index >= 15 is 0 Å². The normalized spacial score (nSPS) is 13.4. The smallest absolute Gasteiger partial charge is 0.256 e. The molecular formula is C11H15N4O3+. The van der Waals surface area contributed by atoms with Gasteiger partial charge in [-0.1, -0.05) is 0 Å². The first kappa shape index (κ1) is 12.0. The Kier molecular flexibility index (Phi) is 3.52. The van der Waals surface area contributed by atoms with Gasteiger partial charge in [0.1, 0.15) is 13.2 Å². The number of methoxy groups -OCH3 is 1. The van der Waals surface area contributed by atoms with Gasteiger partial charge in [-0.3, -0.25) is 0 Å². The summed E-state index contributed by atoms with van der Waals surface area (Å²) in [7, 11) is 1.57. The number of benzene rings is 1. The van der Waals surface area contributed by atoms with Crippen LogP contribution in [0.5, 0.6) is 17.2 Å². The zero-order valence-electron chi connectivity index (χ0n) is 9.97. The van der Waals surface area contributed by atoms with Crippen molar-refractivity contribution >= 4 is 12.2 Å². The molecule has 0 saturated heterocycles. The molecule has 0 aliphatic carbocycles. The Hall–Kier alpha value is -2.44. The number of hydrogen-bond acceptors (Lipinski definition) is 4. The third kappa shape index (κ3) is 2.62. The number of nitrogens with zero attached hydrogens (tertiary/aromatic N) is 1. The predicted molar refractivity (Wildman–Crippen MR) is 65.9 cm³/mol. The van der Waals surface area contributed by atoms with Gasteiger partial charge in [0.25, 0.3) is 5.96 Å². The lowest BCUT2D eigenvalue weighted by Crippen LogP contribution is -2.63. The zero-order chi connectivity index (χ0) is 13.0. The van der Waals surface area contributed by atoms with Crippen LogP contribution < -0.4 is 30.8 Å². The molecule has 0 radical (unpaired) electrons. The molecule has 1 aromatic rings. The average molecular weight is 251 g/mol. The molecule has 7 heteroatoms. The SMILES string of the molecule is COc1cc(/C=[NH+]\N=C(N)N)cc2c1OCCO2. The maximum Gasteiger partial charge on any atom is 0.256 e. The van der Waals surface area contributed by atoms with E-state index in [1.165, 1.54) is 0 Å². The highest BCUT2D eigenvalue weighted by molar-refractivity contribution is 5.79. The van der Waals surface area contributed by atoms with E-state index in [2.05, 4.69) is 10.2 Å². The average Bonchev–Trinajstić information content (AvgIpc) is 2.37. The molecule has 96 valence electrons. The lowest BCUT2D eigenvalue weighted by molar-refractivity contribution is -0.456. The van der Waals surface area contributed by atoms with Crippen molar-refractivity contribution in [3.8, 4) is 17.2 Å². The largest absolute Gasteiger partial charge is 0.493 e. The van der Waals surface area contributed by atoms with Gasteiger partial charge in [-0.2, -0.15) is 0 Å². The molecule has 1 aliphatic heterocycles. The number of guanidine groups is 1. The predicted octanol–water partition coefficient (Wildman–Crippen LogP) is -1.85. The molecule has 0 unspecified atom stereocenters. The molecule has 0 amide bonds. The molecule has 0 fully saturated rings. The molecule has 1 heterocycles. The molecule has 0 aromatic heterocycles. The van der Waals surface area contributed by atoms with Crippen LogP contribution in [0.15, 0.2) is 17.2 Å². The van der Waals surface area contributed by atoms with Crippen molar-refractivity contribution in [3.05, 3.63) is 17.7 Å². The van der Waals surface area contributed by atoms with Crippen molar-refractivity contribution in [1.29, 1.82) is 0 Å². The van der Waals surface area contributed by atoms with Crippen molar-refractivity contribution in [2.45, 2.75) is 0 Å². The van der Waals surface area contributed by atoms with E-state index < -0.39 is 0 Å². The van der Waals surface area contributed by atoms with E-state index in [1.807, 2.05) is 6.07 Å². The van der Waals surface area contributed by atoms with Crippen LogP contribution in [0.1, 0.15) is 5.56 Å². The number of ether oxygens (including phenoxy) is 3. The molecule has 1 aliphatic rings. The first-order valence-electron chi connectivity index (χ1n) is 5.35. The molecule has 5 N–H and O–H groups in total. The van der Waals surface area contributed by atoms with Crippen LogP contribution in [0.3, 0.4) is 0 Å². The first-order valence-corrected chi connectivity index (χ1v) is 5.35. The molecule has 0 bridgehead atoms. The van der Waals surface area contributed by atoms with Gasteiger partial charge in [0.05, 0.1) is 7.11 Å². The zero-order valence-corrected chi connectivity index (χ0v) is 9.97. The summed E-state index contributed by atoms with van der Waals surface area (Å²) >= 11 is 0. The fourth-order valence-electron chi connectivity index (χ4n) is 1.56. The van der Waals surface area contributed by atoms with E-state index in [9.17, 15) is 0 Å². The van der Waals surface area contributed by atoms with E-state index in [1.54, 1.807) is 19.4 Å². The second-order valence-corrected chi connectivity index (χ2v) is 3.56. The van der Waals surface area contributed by atoms with Gasteiger partial charge in [0.2, 0.25) is 12.0 Å². The summed E-state index contributed by atoms with van der Waals surface area (Å²) < 4.78 is 16.2. The summed E-state index contributed by atoms with van der Waals surface area (Å²) in [6.07, 6.45) is 1.63. The Labute approximate surface area is 104 Å². The van der Waals surface area contributed by atoms with Gasteiger partial charge in [-0.25, -0.2) is 0 Å². The van der Waals surface area contributed by atoms with Gasteiger partial charge in [-0.15, -0.1) is 5.10 Å². The molecular weight excluding hydrogens is 236 g/mol. The van der Waals surface area contributed by atoms with E-state index in [-0.39, 0.29) is 5.96 Å². The highest BCUT2D eigenvalue weighted by Gasteiger charge is 2.18. The number of fused-ring (bicyclic) bond motifs is 1. The van der Waals surface area contributed by atoms with Crippen LogP contribution in [-0.4, -0.2) is 32.5 Å². The quantitative estimate of drug-likeness (QED) is 0.332. The van der Waals surface area contributed by atoms with Gasteiger partial charge < -0.3 is 25.7 Å². The van der Waals surface area contributed by atoms with Gasteiger partial charge in [0, 0.05) is 10.7 Å². The van der Waals surface area contributed by atoms with Gasteiger partial charge in [-0.05, 0) is 12.1 Å². The second kappa shape index (κ2) is 5.26. The van der Waals surface area contributed by atoms with Crippen LogP contribution >= 0.6 is 0 Å². The number of nitrogens with two attached hydrogens (primary N) is 2. The second-order valence-electron chi connectivity index (χ2n) is 3.56. The maximum atomic E-state index is 5.50. The fourth-order valence-corrected chi connectivity index (χ4v) is 1.56. The topological polar surface area (TPSA) is 106 Å². The Morgan fingerprint density at radius 2 is 2.17 bits per heavy atom. The van der Waals surface area contributed by atoms with Gasteiger partial charge in [0.15, 0.2) is 11.5 Å². The molecule has 18 heavy (non-hydrogen) atoms. The third-order valence-corrected chi connectivity index (χ3v) is 2.28. The van der Waals surface area contributed by atoms with Crippen molar-refractivity contribution in [1.82, 2.24) is 0 Å². The Bertz CT molecular complexity index is 478. The molecule has 2 rings (SSSR count). The minimum Gasteiger partial charge on any atom is -0.493 e. The van der Waals surface area contributed by atoms with E-state index in [0.29, 0.717) is 30.5 Å². The van der Waals surface area contributed by atoms with Crippen LogP contribution in [0, 0.1) is 0 Å². The summed E-state index contributed by atoms with van der Waals surface area (Å²) in [6, 6.07) is 3.61. The summed E-state index contributed by atoms with van der Waals surface area (Å²) in [4.78, 5) is 0. The highest BCUT2D eigenvalue weighted by atomic mass is 16.6. The number of rotatable bonds is 3. The molecule has 0 saturated carbocycles. The Morgan fingerprint density at radius 3 is 2.89 bits per heavy atom. The van der Waals surface area contributed by atoms with Crippen LogP contribution in [-0.2, 0) is 0 Å². The number of nitrogens with one attached hydrogen (secondary N) is 1. The van der Waals surface area contributed by atoms with E-state index in [4.69, 9.17) is 25.7 Å². The monoisotopic (exact) mass is 251 g/mol. The minimum atomic E-state index is -0.0456. The Balaban J connectivity index is 2.32. The van der Waals surface area contributed by atoms with Gasteiger partial charge >= 0.3 is 0 Å². The number of hydrazone groups is 1. The molecule has 0 spiro atoms. The summed E-state index contributed by atoms with van der Waals surface area (Å²) in [6.45, 7) is 1.03. The molecule has 0 atom stereocenters. The van der Waals surface area contributed by atoms with Crippen LogP contribution in [0.2, 0.25) is 0 Å². The Morgan fingerprint density at radius 1 is 1.39 bits per heavy atom. The minimum absolute atomic E-state index is 0.0456. The van der Waals surface area contributed by atoms with Crippen LogP contribution in [0.25, 0.3) is 0 Å². The van der Waals surface area contributed by atoms with Crippen molar-refractivity contribution in [3.63, 3.8) is 0 Å². The summed E-state index contributed by atoms with van der Waals surface area (Å²) in [5.74, 6) is 1.81. The maximum absolute atomic E-state index is 5.50. The van der Waals surface area contributed by atoms with Crippen molar-refractivity contribution < 1.29 is 19.3 Å². The summed E-state index contributed by atoms with van der Waals surface area (Å²) in [5, 5.41) is 6.26. The molecule has 1 aromatic carbocycles.